The zero-order chi connectivity index (χ0) is 31.8. The summed E-state index contributed by atoms with van der Waals surface area (Å²) in [7, 11) is 0. The monoisotopic (exact) mass is 624 g/mol. The molecule has 6 N–H and O–H groups in total. The van der Waals surface area contributed by atoms with Crippen molar-refractivity contribution in [2.24, 2.45) is 33.3 Å². The molecule has 2 saturated carbocycles. The zero-order valence-electron chi connectivity index (χ0n) is 25.4. The van der Waals surface area contributed by atoms with Gasteiger partial charge in [0.1, 0.15) is 13.2 Å². The maximum Gasteiger partial charge on any atom is 0.282 e. The van der Waals surface area contributed by atoms with Crippen LogP contribution in [0.15, 0.2) is 58.5 Å². The maximum absolute atomic E-state index is 12.8. The van der Waals surface area contributed by atoms with Crippen LogP contribution in [0.3, 0.4) is 0 Å². The van der Waals surface area contributed by atoms with Crippen LogP contribution in [0.2, 0.25) is 0 Å². The standard InChI is InChI=1S/C17H23N3O2.C16H19F2N3O2/c18-17-20-15(11-22-17)10-7-12-5-8-14(9-6-12)19-16(21)13-3-1-2-4-13;17-16(18)7-11(8-16)14(22)20-12-4-1-10(2-5-12)3-6-13-9-23-15(19)21-13/h5-6,8-9,13,15H,1-4,7,10-11H2,(H2,18,20)(H,19,21);1-2,4-5,11,13H,3,6-9H2,(H2,19,21)(H,20,22)/t15-;13-/m00/s1. The normalized spacial score (nSPS) is 22.2. The van der Waals surface area contributed by atoms with Gasteiger partial charge in [-0.2, -0.15) is 0 Å². The average Bonchev–Trinajstić information content (AvgIpc) is 3.78. The Morgan fingerprint density at radius 1 is 0.733 bits per heavy atom. The molecule has 0 saturated heterocycles. The van der Waals surface area contributed by atoms with Crippen LogP contribution in [0.1, 0.15) is 62.5 Å². The number of aliphatic imine (C=N–C) groups is 2. The van der Waals surface area contributed by atoms with Crippen molar-refractivity contribution in [2.45, 2.75) is 82.2 Å². The maximum atomic E-state index is 12.8. The number of nitrogens with two attached hydrogens (primary N) is 2. The van der Waals surface area contributed by atoms with Gasteiger partial charge in [-0.3, -0.25) is 9.59 Å². The van der Waals surface area contributed by atoms with Crippen LogP contribution < -0.4 is 22.1 Å². The Morgan fingerprint density at radius 2 is 1.16 bits per heavy atom. The molecular weight excluding hydrogens is 582 g/mol. The lowest BCUT2D eigenvalue weighted by Gasteiger charge is -2.33. The van der Waals surface area contributed by atoms with E-state index >= 15 is 0 Å². The summed E-state index contributed by atoms with van der Waals surface area (Å²) < 4.78 is 35.8. The van der Waals surface area contributed by atoms with E-state index in [0.29, 0.717) is 24.9 Å². The molecule has 2 fully saturated rings. The molecule has 2 amide bonds. The number of aryl methyl sites for hydroxylation is 2. The molecule has 0 bridgehead atoms. The summed E-state index contributed by atoms with van der Waals surface area (Å²) in [6, 6.07) is 16.3. The molecule has 2 aliphatic carbocycles. The van der Waals surface area contributed by atoms with Gasteiger partial charge in [-0.05, 0) is 73.9 Å². The molecule has 4 aliphatic rings. The SMILES string of the molecule is NC1=N[C@@H](CCc2ccc(NC(=O)C3CC(F)(F)C3)cc2)CO1.NC1=N[C@@H](CCc2ccc(NC(=O)C3CCCC3)cc2)CO1. The van der Waals surface area contributed by atoms with Gasteiger partial charge < -0.3 is 31.6 Å². The second-order valence-corrected chi connectivity index (χ2v) is 12.3. The Balaban J connectivity index is 0.000000178. The van der Waals surface area contributed by atoms with E-state index in [1.807, 2.05) is 24.3 Å². The Hall–Kier alpha value is -4.22. The van der Waals surface area contributed by atoms with Crippen molar-refractivity contribution in [3.05, 3.63) is 59.7 Å². The van der Waals surface area contributed by atoms with Crippen molar-refractivity contribution in [3.63, 3.8) is 0 Å². The van der Waals surface area contributed by atoms with Crippen LogP contribution in [-0.4, -0.2) is 55.1 Å². The third kappa shape index (κ3) is 9.63. The lowest BCUT2D eigenvalue weighted by atomic mass is 9.81. The summed E-state index contributed by atoms with van der Waals surface area (Å²) in [6.45, 7) is 1.10. The van der Waals surface area contributed by atoms with Gasteiger partial charge in [-0.25, -0.2) is 18.8 Å². The molecule has 2 heterocycles. The minimum atomic E-state index is -2.68. The van der Waals surface area contributed by atoms with Gasteiger partial charge in [0.25, 0.3) is 12.0 Å². The molecule has 12 heteroatoms. The van der Waals surface area contributed by atoms with E-state index in [-0.39, 0.29) is 48.7 Å². The van der Waals surface area contributed by atoms with Crippen molar-refractivity contribution in [1.82, 2.24) is 0 Å². The van der Waals surface area contributed by atoms with Gasteiger partial charge in [0.15, 0.2) is 0 Å². The first kappa shape index (κ1) is 32.2. The van der Waals surface area contributed by atoms with Gasteiger partial charge in [0.2, 0.25) is 17.7 Å². The van der Waals surface area contributed by atoms with E-state index in [1.165, 1.54) is 18.4 Å². The average molecular weight is 625 g/mol. The number of benzene rings is 2. The second-order valence-electron chi connectivity index (χ2n) is 12.3. The molecule has 2 aromatic carbocycles. The number of anilines is 2. The number of amidine groups is 2. The van der Waals surface area contributed by atoms with Gasteiger partial charge in [0.05, 0.1) is 12.1 Å². The van der Waals surface area contributed by atoms with Gasteiger partial charge >= 0.3 is 0 Å². The van der Waals surface area contributed by atoms with Crippen LogP contribution in [-0.2, 0) is 31.9 Å². The summed E-state index contributed by atoms with van der Waals surface area (Å²) >= 11 is 0. The summed E-state index contributed by atoms with van der Waals surface area (Å²) in [4.78, 5) is 32.3. The van der Waals surface area contributed by atoms with Crippen molar-refractivity contribution in [1.29, 1.82) is 0 Å². The van der Waals surface area contributed by atoms with Crippen LogP contribution >= 0.6 is 0 Å². The quantitative estimate of drug-likeness (QED) is 0.299. The zero-order valence-corrected chi connectivity index (χ0v) is 25.4. The van der Waals surface area contributed by atoms with E-state index in [9.17, 15) is 18.4 Å². The van der Waals surface area contributed by atoms with Gasteiger partial charge in [-0.1, -0.05) is 37.1 Å². The van der Waals surface area contributed by atoms with E-state index < -0.39 is 11.8 Å². The fourth-order valence-corrected chi connectivity index (χ4v) is 5.87. The lowest BCUT2D eigenvalue weighted by Crippen LogP contribution is -2.42. The highest BCUT2D eigenvalue weighted by molar-refractivity contribution is 5.93. The first-order valence-corrected chi connectivity index (χ1v) is 15.7. The first-order chi connectivity index (χ1) is 21.6. The van der Waals surface area contributed by atoms with E-state index in [4.69, 9.17) is 20.9 Å². The number of hydrogen-bond donors (Lipinski definition) is 4. The molecule has 242 valence electrons. The number of halogens is 2. The number of nitrogens with zero attached hydrogens (tertiary/aromatic N) is 2. The fraction of sp³-hybridized carbons (Fsp3) is 0.515. The Morgan fingerprint density at radius 3 is 1.53 bits per heavy atom. The molecule has 2 aromatic rings. The number of alkyl halides is 2. The molecule has 0 unspecified atom stereocenters. The minimum Gasteiger partial charge on any atom is -0.463 e. The largest absolute Gasteiger partial charge is 0.463 e. The third-order valence-corrected chi connectivity index (χ3v) is 8.63. The molecule has 0 aromatic heterocycles. The molecular formula is C33H42F2N6O4. The Labute approximate surface area is 262 Å². The summed E-state index contributed by atoms with van der Waals surface area (Å²) in [6.07, 6.45) is 7.21. The first-order valence-electron chi connectivity index (χ1n) is 15.7. The number of nitrogens with one attached hydrogen (secondary N) is 2. The number of hydrogen-bond acceptors (Lipinski definition) is 8. The highest BCUT2D eigenvalue weighted by Gasteiger charge is 2.48. The molecule has 45 heavy (non-hydrogen) atoms. The van der Waals surface area contributed by atoms with Crippen molar-refractivity contribution in [2.75, 3.05) is 23.8 Å². The van der Waals surface area contributed by atoms with Crippen LogP contribution in [0, 0.1) is 11.8 Å². The van der Waals surface area contributed by atoms with Crippen LogP contribution in [0.25, 0.3) is 0 Å². The van der Waals surface area contributed by atoms with E-state index in [1.54, 1.807) is 12.1 Å². The Kier molecular flexibility index (Phi) is 10.5. The van der Waals surface area contributed by atoms with Crippen LogP contribution in [0.5, 0.6) is 0 Å². The number of carbonyl (C=O) groups excluding carboxylic acids is 2. The molecule has 6 rings (SSSR count). The predicted octanol–water partition coefficient (Wildman–Crippen LogP) is 4.78. The highest BCUT2D eigenvalue weighted by atomic mass is 19.3. The van der Waals surface area contributed by atoms with E-state index in [2.05, 4.69) is 32.8 Å². The molecule has 2 atom stereocenters. The summed E-state index contributed by atoms with van der Waals surface area (Å²) in [5.74, 6) is -3.24. The van der Waals surface area contributed by atoms with E-state index in [0.717, 1.165) is 49.8 Å². The van der Waals surface area contributed by atoms with Gasteiger partial charge in [-0.15, -0.1) is 0 Å². The number of ether oxygens (including phenoxy) is 2. The van der Waals surface area contributed by atoms with Crippen molar-refractivity contribution >= 4 is 35.2 Å². The van der Waals surface area contributed by atoms with Crippen molar-refractivity contribution < 1.29 is 27.8 Å². The summed E-state index contributed by atoms with van der Waals surface area (Å²) in [5.41, 5.74) is 14.8. The minimum absolute atomic E-state index is 0.0923. The molecule has 2 aliphatic heterocycles. The van der Waals surface area contributed by atoms with Crippen LogP contribution in [0.4, 0.5) is 20.2 Å². The molecule has 0 radical (unpaired) electrons. The smallest absolute Gasteiger partial charge is 0.282 e. The molecule has 0 spiro atoms. The lowest BCUT2D eigenvalue weighted by molar-refractivity contribution is -0.145. The number of carbonyl (C=O) groups is 2. The van der Waals surface area contributed by atoms with Gasteiger partial charge in [0, 0.05) is 36.1 Å². The number of amides is 2. The second kappa shape index (κ2) is 14.7. The topological polar surface area (TPSA) is 153 Å². The molecule has 10 nitrogen and oxygen atoms in total. The third-order valence-electron chi connectivity index (χ3n) is 8.63. The fourth-order valence-electron chi connectivity index (χ4n) is 5.87. The predicted molar refractivity (Wildman–Crippen MR) is 169 cm³/mol. The highest BCUT2D eigenvalue weighted by Crippen LogP contribution is 2.42. The Bertz CT molecular complexity index is 1370. The van der Waals surface area contributed by atoms with Crippen molar-refractivity contribution in [3.8, 4) is 0 Å². The summed E-state index contributed by atoms with van der Waals surface area (Å²) in [5, 5.41) is 5.70. The number of rotatable bonds is 10.